The maximum absolute atomic E-state index is 12.0. The standard InChI is InChI=1S/C15H19BO4/c1-10-15(7-12(19-10)14(16)20-15)8-13(17)18-9-11-5-3-2-4-6-11/h2-6,10,12,14H,7-9,16H2,1H3/t10-,12?,14+,15-/m0/s1. The van der Waals surface area contributed by atoms with Crippen molar-refractivity contribution in [3.8, 4) is 0 Å². The first-order valence-electron chi connectivity index (χ1n) is 7.12. The summed E-state index contributed by atoms with van der Waals surface area (Å²) in [6.45, 7) is 2.28. The Morgan fingerprint density at radius 3 is 2.85 bits per heavy atom. The van der Waals surface area contributed by atoms with Crippen molar-refractivity contribution in [2.45, 2.75) is 50.2 Å². The summed E-state index contributed by atoms with van der Waals surface area (Å²) in [6, 6.07) is 9.75. The lowest BCUT2D eigenvalue weighted by atomic mass is 9.91. The number of hydrogen-bond donors (Lipinski definition) is 0. The predicted molar refractivity (Wildman–Crippen MR) is 76.0 cm³/mol. The fourth-order valence-electron chi connectivity index (χ4n) is 3.10. The molecular formula is C15H19BO4. The van der Waals surface area contributed by atoms with Crippen LogP contribution in [-0.2, 0) is 25.6 Å². The van der Waals surface area contributed by atoms with E-state index in [2.05, 4.69) is 0 Å². The molecule has 4 nitrogen and oxygen atoms in total. The van der Waals surface area contributed by atoms with Gasteiger partial charge in [-0.15, -0.1) is 0 Å². The van der Waals surface area contributed by atoms with Crippen molar-refractivity contribution in [1.82, 2.24) is 0 Å². The summed E-state index contributed by atoms with van der Waals surface area (Å²) >= 11 is 0. The summed E-state index contributed by atoms with van der Waals surface area (Å²) < 4.78 is 17.1. The van der Waals surface area contributed by atoms with Crippen LogP contribution in [-0.4, -0.2) is 37.6 Å². The second-order valence-electron chi connectivity index (χ2n) is 5.73. The van der Waals surface area contributed by atoms with E-state index in [9.17, 15) is 4.79 Å². The average molecular weight is 274 g/mol. The summed E-state index contributed by atoms with van der Waals surface area (Å²) in [6.07, 6.45) is 1.12. The Morgan fingerprint density at radius 2 is 2.20 bits per heavy atom. The second kappa shape index (κ2) is 5.22. The van der Waals surface area contributed by atoms with Gasteiger partial charge in [-0.1, -0.05) is 30.3 Å². The van der Waals surface area contributed by atoms with Crippen molar-refractivity contribution in [1.29, 1.82) is 0 Å². The van der Waals surface area contributed by atoms with Gasteiger partial charge in [-0.25, -0.2) is 0 Å². The monoisotopic (exact) mass is 274 g/mol. The van der Waals surface area contributed by atoms with Gasteiger partial charge < -0.3 is 14.2 Å². The molecule has 2 heterocycles. The van der Waals surface area contributed by atoms with Gasteiger partial charge in [0.1, 0.15) is 20.1 Å². The van der Waals surface area contributed by atoms with Gasteiger partial charge in [0.05, 0.1) is 24.6 Å². The first-order chi connectivity index (χ1) is 9.59. The highest BCUT2D eigenvalue weighted by atomic mass is 16.6. The molecule has 0 N–H and O–H groups in total. The molecule has 1 aromatic carbocycles. The summed E-state index contributed by atoms with van der Waals surface area (Å²) in [5.74, 6) is -0.223. The molecule has 2 fully saturated rings. The largest absolute Gasteiger partial charge is 0.461 e. The number of carbonyl (C=O) groups is 1. The van der Waals surface area contributed by atoms with Crippen LogP contribution in [0.15, 0.2) is 30.3 Å². The molecule has 2 saturated heterocycles. The maximum Gasteiger partial charge on any atom is 0.309 e. The molecule has 0 spiro atoms. The summed E-state index contributed by atoms with van der Waals surface area (Å²) in [7, 11) is 1.99. The van der Waals surface area contributed by atoms with Crippen molar-refractivity contribution < 1.29 is 19.0 Å². The van der Waals surface area contributed by atoms with Gasteiger partial charge >= 0.3 is 5.97 Å². The van der Waals surface area contributed by atoms with Gasteiger partial charge in [0, 0.05) is 6.42 Å². The molecule has 1 unspecified atom stereocenters. The zero-order valence-electron chi connectivity index (χ0n) is 11.9. The molecule has 0 amide bonds. The smallest absolute Gasteiger partial charge is 0.309 e. The molecule has 3 rings (SSSR count). The molecule has 20 heavy (non-hydrogen) atoms. The summed E-state index contributed by atoms with van der Waals surface area (Å²) in [4.78, 5) is 12.0. The molecular weight excluding hydrogens is 255 g/mol. The van der Waals surface area contributed by atoms with Crippen molar-refractivity contribution in [2.75, 3.05) is 0 Å². The molecule has 0 radical (unpaired) electrons. The van der Waals surface area contributed by atoms with E-state index >= 15 is 0 Å². The summed E-state index contributed by atoms with van der Waals surface area (Å²) in [5, 5.41) is 0. The Bertz CT molecular complexity index is 488. The molecule has 4 atom stereocenters. The van der Waals surface area contributed by atoms with E-state index in [1.807, 2.05) is 45.1 Å². The lowest BCUT2D eigenvalue weighted by molar-refractivity contribution is -0.174. The first kappa shape index (κ1) is 13.6. The third kappa shape index (κ3) is 2.48. The minimum absolute atomic E-state index is 0.0482. The van der Waals surface area contributed by atoms with Crippen LogP contribution < -0.4 is 0 Å². The van der Waals surface area contributed by atoms with E-state index in [4.69, 9.17) is 14.2 Å². The van der Waals surface area contributed by atoms with E-state index < -0.39 is 5.60 Å². The molecule has 0 aliphatic carbocycles. The van der Waals surface area contributed by atoms with Crippen LogP contribution in [0.25, 0.3) is 0 Å². The highest BCUT2D eigenvalue weighted by Gasteiger charge is 2.57. The van der Waals surface area contributed by atoms with Crippen molar-refractivity contribution in [2.24, 2.45) is 0 Å². The quantitative estimate of drug-likeness (QED) is 0.607. The third-order valence-corrected chi connectivity index (χ3v) is 4.30. The van der Waals surface area contributed by atoms with Gasteiger partial charge in [-0.3, -0.25) is 4.79 Å². The molecule has 2 aliphatic rings. The Hall–Kier alpha value is -1.33. The van der Waals surface area contributed by atoms with E-state index in [0.717, 1.165) is 12.0 Å². The Balaban J connectivity index is 1.57. The van der Waals surface area contributed by atoms with Crippen LogP contribution in [0.2, 0.25) is 0 Å². The van der Waals surface area contributed by atoms with E-state index in [1.165, 1.54) is 0 Å². The second-order valence-corrected chi connectivity index (χ2v) is 5.73. The molecule has 2 bridgehead atoms. The number of ether oxygens (including phenoxy) is 3. The minimum Gasteiger partial charge on any atom is -0.461 e. The normalized spacial score (nSPS) is 35.1. The van der Waals surface area contributed by atoms with Gasteiger partial charge in [-0.05, 0) is 12.5 Å². The number of esters is 1. The van der Waals surface area contributed by atoms with Crippen LogP contribution in [0.5, 0.6) is 0 Å². The number of hydrogen-bond acceptors (Lipinski definition) is 4. The highest BCUT2D eigenvalue weighted by molar-refractivity contribution is 6.11. The van der Waals surface area contributed by atoms with Crippen molar-refractivity contribution >= 4 is 13.8 Å². The number of fused-ring (bicyclic) bond motifs is 2. The number of rotatable bonds is 4. The first-order valence-corrected chi connectivity index (χ1v) is 7.12. The van der Waals surface area contributed by atoms with Crippen molar-refractivity contribution in [3.63, 3.8) is 0 Å². The predicted octanol–water partition coefficient (Wildman–Crippen LogP) is 1.03. The Labute approximate surface area is 119 Å². The number of benzene rings is 1. The third-order valence-electron chi connectivity index (χ3n) is 4.30. The van der Waals surface area contributed by atoms with Gasteiger partial charge in [0.15, 0.2) is 0 Å². The fraction of sp³-hybridized carbons (Fsp3) is 0.533. The van der Waals surface area contributed by atoms with Gasteiger partial charge in [0.25, 0.3) is 0 Å². The maximum atomic E-state index is 12.0. The molecule has 0 saturated carbocycles. The van der Waals surface area contributed by atoms with Gasteiger partial charge in [-0.2, -0.15) is 0 Å². The van der Waals surface area contributed by atoms with Crippen LogP contribution in [0.1, 0.15) is 25.3 Å². The fourth-order valence-corrected chi connectivity index (χ4v) is 3.10. The average Bonchev–Trinajstić information content (AvgIpc) is 2.90. The van der Waals surface area contributed by atoms with Crippen molar-refractivity contribution in [3.05, 3.63) is 35.9 Å². The molecule has 106 valence electrons. The lowest BCUT2D eigenvalue weighted by Crippen LogP contribution is -2.45. The highest BCUT2D eigenvalue weighted by Crippen LogP contribution is 2.45. The van der Waals surface area contributed by atoms with Gasteiger partial charge in [0.2, 0.25) is 0 Å². The van der Waals surface area contributed by atoms with E-state index in [-0.39, 0.29) is 30.6 Å². The summed E-state index contributed by atoms with van der Waals surface area (Å²) in [5.41, 5.74) is 0.505. The van der Waals surface area contributed by atoms with E-state index in [1.54, 1.807) is 0 Å². The SMILES string of the molecule is B[C@@H]1O[C@]2(CC(=O)OCc3ccccc3)CC1O[C@H]2C. The zero-order chi connectivity index (χ0) is 14.2. The Kier molecular flexibility index (Phi) is 3.56. The molecule has 2 aliphatic heterocycles. The van der Waals surface area contributed by atoms with E-state index in [0.29, 0.717) is 6.61 Å². The minimum atomic E-state index is -0.488. The van der Waals surface area contributed by atoms with Crippen LogP contribution >= 0.6 is 0 Å². The number of carbonyl (C=O) groups excluding carboxylic acids is 1. The molecule has 5 heteroatoms. The zero-order valence-corrected chi connectivity index (χ0v) is 11.9. The molecule has 0 aromatic heterocycles. The Morgan fingerprint density at radius 1 is 1.45 bits per heavy atom. The van der Waals surface area contributed by atoms with Crippen LogP contribution in [0.3, 0.4) is 0 Å². The van der Waals surface area contributed by atoms with Crippen LogP contribution in [0, 0.1) is 0 Å². The molecule has 1 aromatic rings. The topological polar surface area (TPSA) is 44.8 Å². The lowest BCUT2D eigenvalue weighted by Gasteiger charge is -2.34. The van der Waals surface area contributed by atoms with Crippen LogP contribution in [0.4, 0.5) is 0 Å².